The number of nitrogens with zero attached hydrogens (tertiary/aromatic N) is 4. The van der Waals surface area contributed by atoms with Gasteiger partial charge in [0.25, 0.3) is 0 Å². The smallest absolute Gasteiger partial charge is 0.407 e. The number of pyridine rings is 1. The first kappa shape index (κ1) is 29.4. The lowest BCUT2D eigenvalue weighted by molar-refractivity contribution is 0.0388. The van der Waals surface area contributed by atoms with Gasteiger partial charge in [0.2, 0.25) is 5.95 Å². The fourth-order valence-electron chi connectivity index (χ4n) is 5.74. The molecule has 9 nitrogen and oxygen atoms in total. The van der Waals surface area contributed by atoms with Crippen molar-refractivity contribution in [2.45, 2.75) is 72.4 Å². The Morgan fingerprint density at radius 2 is 1.81 bits per heavy atom. The second-order valence-corrected chi connectivity index (χ2v) is 11.9. The van der Waals surface area contributed by atoms with E-state index in [1.807, 2.05) is 80.6 Å². The van der Waals surface area contributed by atoms with E-state index < -0.39 is 12.3 Å². The summed E-state index contributed by atoms with van der Waals surface area (Å²) < 4.78 is 14.8. The molecule has 9 heteroatoms. The van der Waals surface area contributed by atoms with E-state index in [9.17, 15) is 9.90 Å². The van der Waals surface area contributed by atoms with E-state index in [1.165, 1.54) is 0 Å². The number of imidazole rings is 1. The fourth-order valence-corrected chi connectivity index (χ4v) is 5.74. The molecule has 222 valence electrons. The zero-order chi connectivity index (χ0) is 29.9. The van der Waals surface area contributed by atoms with Crippen molar-refractivity contribution in [3.63, 3.8) is 0 Å². The number of hydrogen-bond acceptors (Lipinski definition) is 6. The maximum atomic E-state index is 12.0. The Balaban J connectivity index is 1.53. The summed E-state index contributed by atoms with van der Waals surface area (Å²) in [5.74, 6) is 1.31. The van der Waals surface area contributed by atoms with Gasteiger partial charge in [0.1, 0.15) is 18.1 Å². The SMILES string of the molecule is CCOC(c1nc(C)ccc1OCc1ccccc1)n1c(NC2CCN(C(=O)O)C(C(C)(C)C)C2)nc2ccccc21. The number of anilines is 1. The Morgan fingerprint density at radius 1 is 1.07 bits per heavy atom. The number of amides is 1. The number of fused-ring (bicyclic) bond motifs is 1. The Kier molecular flexibility index (Phi) is 8.68. The van der Waals surface area contributed by atoms with Gasteiger partial charge in [-0.25, -0.2) is 14.8 Å². The average Bonchev–Trinajstić information content (AvgIpc) is 3.32. The molecule has 1 amide bonds. The zero-order valence-corrected chi connectivity index (χ0v) is 25.1. The molecule has 3 unspecified atom stereocenters. The monoisotopic (exact) mass is 571 g/mol. The van der Waals surface area contributed by atoms with Crippen molar-refractivity contribution in [1.29, 1.82) is 0 Å². The summed E-state index contributed by atoms with van der Waals surface area (Å²) in [6.07, 6.45) is -0.124. The minimum absolute atomic E-state index is 0.0296. The highest BCUT2D eigenvalue weighted by Crippen LogP contribution is 2.37. The summed E-state index contributed by atoms with van der Waals surface area (Å²) in [5.41, 5.74) is 4.13. The second kappa shape index (κ2) is 12.4. The molecule has 0 bridgehead atoms. The fraction of sp³-hybridized carbons (Fsp3) is 0.424. The molecule has 2 N–H and O–H groups in total. The topological polar surface area (TPSA) is 102 Å². The van der Waals surface area contributed by atoms with Gasteiger partial charge in [-0.2, -0.15) is 0 Å². The van der Waals surface area contributed by atoms with Crippen molar-refractivity contribution < 1.29 is 19.4 Å². The van der Waals surface area contributed by atoms with E-state index in [0.717, 1.165) is 22.3 Å². The van der Waals surface area contributed by atoms with Gasteiger partial charge in [-0.1, -0.05) is 63.2 Å². The second-order valence-electron chi connectivity index (χ2n) is 11.9. The van der Waals surface area contributed by atoms with Gasteiger partial charge < -0.3 is 24.8 Å². The van der Waals surface area contributed by atoms with E-state index in [0.29, 0.717) is 50.0 Å². The van der Waals surface area contributed by atoms with Gasteiger partial charge in [0, 0.05) is 30.9 Å². The van der Waals surface area contributed by atoms with Crippen LogP contribution < -0.4 is 10.1 Å². The number of carbonyl (C=O) groups is 1. The van der Waals surface area contributed by atoms with Crippen LogP contribution in [0.3, 0.4) is 0 Å². The lowest BCUT2D eigenvalue weighted by atomic mass is 9.79. The minimum Gasteiger partial charge on any atom is -0.487 e. The molecule has 0 spiro atoms. The molecular weight excluding hydrogens is 530 g/mol. The number of ether oxygens (including phenoxy) is 2. The number of carboxylic acid groups (broad SMARTS) is 1. The Labute approximate surface area is 247 Å². The van der Waals surface area contributed by atoms with Crippen LogP contribution in [0, 0.1) is 12.3 Å². The van der Waals surface area contributed by atoms with Crippen molar-refractivity contribution >= 4 is 23.1 Å². The summed E-state index contributed by atoms with van der Waals surface area (Å²) in [7, 11) is 0. The molecule has 0 aliphatic carbocycles. The quantitative estimate of drug-likeness (QED) is 0.226. The molecule has 42 heavy (non-hydrogen) atoms. The molecule has 2 aromatic heterocycles. The highest BCUT2D eigenvalue weighted by Gasteiger charge is 2.39. The van der Waals surface area contributed by atoms with Crippen molar-refractivity contribution in [3.8, 4) is 5.75 Å². The van der Waals surface area contributed by atoms with Crippen LogP contribution in [-0.2, 0) is 11.3 Å². The maximum Gasteiger partial charge on any atom is 0.407 e. The van der Waals surface area contributed by atoms with E-state index in [2.05, 4.69) is 30.7 Å². The molecule has 5 rings (SSSR count). The van der Waals surface area contributed by atoms with E-state index in [4.69, 9.17) is 19.4 Å². The Hall–Kier alpha value is -4.11. The zero-order valence-electron chi connectivity index (χ0n) is 25.1. The Bertz CT molecular complexity index is 1510. The van der Waals surface area contributed by atoms with Crippen LogP contribution in [-0.4, -0.2) is 55.9 Å². The lowest BCUT2D eigenvalue weighted by Crippen LogP contribution is -2.54. The van der Waals surface area contributed by atoms with Crippen LogP contribution in [0.15, 0.2) is 66.7 Å². The molecule has 1 saturated heterocycles. The van der Waals surface area contributed by atoms with Crippen molar-refractivity contribution in [2.24, 2.45) is 5.41 Å². The van der Waals surface area contributed by atoms with Gasteiger partial charge in [-0.05, 0) is 61.9 Å². The van der Waals surface area contributed by atoms with Crippen LogP contribution in [0.4, 0.5) is 10.7 Å². The number of aromatic nitrogens is 3. The number of likely N-dealkylation sites (tertiary alicyclic amines) is 1. The number of rotatable bonds is 9. The molecule has 1 aliphatic rings. The molecule has 1 fully saturated rings. The van der Waals surface area contributed by atoms with Crippen LogP contribution >= 0.6 is 0 Å². The third-order valence-corrected chi connectivity index (χ3v) is 7.83. The largest absolute Gasteiger partial charge is 0.487 e. The maximum absolute atomic E-state index is 12.0. The predicted octanol–water partition coefficient (Wildman–Crippen LogP) is 6.87. The number of piperidine rings is 1. The average molecular weight is 572 g/mol. The first-order valence-electron chi connectivity index (χ1n) is 14.6. The highest BCUT2D eigenvalue weighted by atomic mass is 16.5. The minimum atomic E-state index is -0.870. The lowest BCUT2D eigenvalue weighted by Gasteiger charge is -2.44. The molecule has 3 atom stereocenters. The number of aryl methyl sites for hydroxylation is 1. The van der Waals surface area contributed by atoms with E-state index in [1.54, 1.807) is 4.90 Å². The number of benzene rings is 2. The molecular formula is C33H41N5O4. The van der Waals surface area contributed by atoms with E-state index in [-0.39, 0.29) is 17.5 Å². The van der Waals surface area contributed by atoms with Crippen LogP contribution in [0.2, 0.25) is 0 Å². The van der Waals surface area contributed by atoms with Gasteiger partial charge in [0.15, 0.2) is 6.23 Å². The molecule has 1 aliphatic heterocycles. The molecule has 4 aromatic rings. The first-order valence-corrected chi connectivity index (χ1v) is 14.6. The standard InChI is InChI=1S/C33H41N5O4/c1-6-41-30(29-27(17-16-22(2)34-29)42-21-23-12-8-7-9-13-23)38-26-15-11-10-14-25(26)36-31(38)35-24-18-19-37(32(39)40)28(20-24)33(3,4)5/h7-17,24,28,30H,6,18-21H2,1-5H3,(H,35,36)(H,39,40). The summed E-state index contributed by atoms with van der Waals surface area (Å²) in [4.78, 5) is 23.5. The van der Waals surface area contributed by atoms with Gasteiger partial charge in [0.05, 0.1) is 11.0 Å². The summed E-state index contributed by atoms with van der Waals surface area (Å²) in [5, 5.41) is 13.5. The van der Waals surface area contributed by atoms with E-state index >= 15 is 0 Å². The molecule has 0 saturated carbocycles. The van der Waals surface area contributed by atoms with Gasteiger partial charge >= 0.3 is 6.09 Å². The van der Waals surface area contributed by atoms with Crippen LogP contribution in [0.25, 0.3) is 11.0 Å². The summed E-state index contributed by atoms with van der Waals surface area (Å²) in [6.45, 7) is 11.5. The number of hydrogen-bond donors (Lipinski definition) is 2. The van der Waals surface area contributed by atoms with Gasteiger partial charge in [-0.15, -0.1) is 0 Å². The van der Waals surface area contributed by atoms with Gasteiger partial charge in [-0.3, -0.25) is 4.57 Å². The third-order valence-electron chi connectivity index (χ3n) is 7.83. The van der Waals surface area contributed by atoms with Crippen LogP contribution in [0.1, 0.15) is 63.7 Å². The van der Waals surface area contributed by atoms with Crippen LogP contribution in [0.5, 0.6) is 5.75 Å². The third kappa shape index (κ3) is 6.36. The van der Waals surface area contributed by atoms with Crippen molar-refractivity contribution in [1.82, 2.24) is 19.4 Å². The number of para-hydroxylation sites is 2. The highest BCUT2D eigenvalue weighted by molar-refractivity contribution is 5.79. The first-order chi connectivity index (χ1) is 20.2. The summed E-state index contributed by atoms with van der Waals surface area (Å²) >= 11 is 0. The molecule has 0 radical (unpaired) electrons. The molecule has 3 heterocycles. The number of nitrogens with one attached hydrogen (secondary N) is 1. The van der Waals surface area contributed by atoms with Crippen molar-refractivity contribution in [3.05, 3.63) is 83.7 Å². The normalized spacial score (nSPS) is 18.2. The predicted molar refractivity (Wildman–Crippen MR) is 164 cm³/mol. The molecule has 2 aromatic carbocycles. The van der Waals surface area contributed by atoms with Crippen molar-refractivity contribution in [2.75, 3.05) is 18.5 Å². The summed E-state index contributed by atoms with van der Waals surface area (Å²) in [6, 6.07) is 21.8. The Morgan fingerprint density at radius 3 is 2.52 bits per heavy atom.